The van der Waals surface area contributed by atoms with Crippen LogP contribution in [0.1, 0.15) is 44.4 Å². The molecule has 170 valence electrons. The van der Waals surface area contributed by atoms with Crippen LogP contribution in [0.25, 0.3) is 0 Å². The molecule has 7 nitrogen and oxygen atoms in total. The lowest BCUT2D eigenvalue weighted by Crippen LogP contribution is -2.48. The number of aryl methyl sites for hydroxylation is 1. The first kappa shape index (κ1) is 24.5. The molecule has 1 N–H and O–H groups in total. The van der Waals surface area contributed by atoms with Gasteiger partial charge in [0.1, 0.15) is 17.5 Å². The number of carbonyl (C=O) groups excluding carboxylic acids is 1. The Kier molecular flexibility index (Phi) is 8.33. The highest BCUT2D eigenvalue weighted by atomic mass is 32.2. The second-order valence-corrected chi connectivity index (χ2v) is 9.22. The van der Waals surface area contributed by atoms with Gasteiger partial charge in [-0.25, -0.2) is 8.42 Å². The van der Waals surface area contributed by atoms with Crippen molar-refractivity contribution in [1.82, 2.24) is 5.32 Å². The third-order valence-corrected chi connectivity index (χ3v) is 6.28. The number of amides is 1. The summed E-state index contributed by atoms with van der Waals surface area (Å²) in [7, 11) is -2.08. The summed E-state index contributed by atoms with van der Waals surface area (Å²) in [5.74, 6) is 1.04. The van der Waals surface area contributed by atoms with E-state index in [0.717, 1.165) is 27.4 Å². The van der Waals surface area contributed by atoms with Crippen molar-refractivity contribution < 1.29 is 22.7 Å². The van der Waals surface area contributed by atoms with Crippen molar-refractivity contribution in [3.05, 3.63) is 53.6 Å². The molecule has 0 saturated heterocycles. The van der Waals surface area contributed by atoms with E-state index in [2.05, 4.69) is 5.32 Å². The minimum absolute atomic E-state index is 0.249. The SMILES string of the molecule is CCOc1ccc(N(C(C)C(=O)NC(CC)c2ccc(OC)c(C)c2)S(C)(=O)=O)cc1. The van der Waals surface area contributed by atoms with Gasteiger partial charge in [0.05, 0.1) is 31.7 Å². The van der Waals surface area contributed by atoms with E-state index in [1.165, 1.54) is 0 Å². The summed E-state index contributed by atoms with van der Waals surface area (Å²) in [6.45, 7) is 7.88. The fraction of sp³-hybridized carbons (Fsp3) is 0.435. The summed E-state index contributed by atoms with van der Waals surface area (Å²) in [5, 5.41) is 2.99. The molecule has 0 fully saturated rings. The predicted molar refractivity (Wildman–Crippen MR) is 123 cm³/mol. The van der Waals surface area contributed by atoms with E-state index in [-0.39, 0.29) is 11.9 Å². The van der Waals surface area contributed by atoms with Crippen LogP contribution in [0, 0.1) is 6.92 Å². The maximum absolute atomic E-state index is 13.1. The Labute approximate surface area is 185 Å². The van der Waals surface area contributed by atoms with Crippen molar-refractivity contribution in [2.45, 2.75) is 46.2 Å². The summed E-state index contributed by atoms with van der Waals surface area (Å²) in [4.78, 5) is 13.1. The van der Waals surface area contributed by atoms with Crippen molar-refractivity contribution in [2.75, 3.05) is 24.3 Å². The van der Waals surface area contributed by atoms with Crippen LogP contribution >= 0.6 is 0 Å². The molecule has 2 aromatic rings. The number of anilines is 1. The van der Waals surface area contributed by atoms with E-state index in [0.29, 0.717) is 24.5 Å². The fourth-order valence-corrected chi connectivity index (χ4v) is 4.67. The number of hydrogen-bond donors (Lipinski definition) is 1. The molecule has 0 aliphatic heterocycles. The van der Waals surface area contributed by atoms with Gasteiger partial charge in [0, 0.05) is 0 Å². The molecule has 8 heteroatoms. The Hall–Kier alpha value is -2.74. The number of methoxy groups -OCH3 is 1. The molecule has 0 spiro atoms. The summed E-state index contributed by atoms with van der Waals surface area (Å²) >= 11 is 0. The van der Waals surface area contributed by atoms with Crippen LogP contribution in [0.15, 0.2) is 42.5 Å². The van der Waals surface area contributed by atoms with E-state index in [4.69, 9.17) is 9.47 Å². The van der Waals surface area contributed by atoms with Gasteiger partial charge in [-0.2, -0.15) is 0 Å². The van der Waals surface area contributed by atoms with Gasteiger partial charge in [-0.15, -0.1) is 0 Å². The molecule has 0 aliphatic carbocycles. The van der Waals surface area contributed by atoms with Gasteiger partial charge >= 0.3 is 0 Å². The first-order chi connectivity index (χ1) is 14.6. The first-order valence-electron chi connectivity index (χ1n) is 10.3. The highest BCUT2D eigenvalue weighted by Gasteiger charge is 2.30. The molecular weight excluding hydrogens is 416 g/mol. The average molecular weight is 449 g/mol. The minimum atomic E-state index is -3.70. The van der Waals surface area contributed by atoms with Crippen molar-refractivity contribution in [2.24, 2.45) is 0 Å². The molecule has 1 amide bonds. The predicted octanol–water partition coefficient (Wildman–Crippen LogP) is 3.82. The Morgan fingerprint density at radius 2 is 1.77 bits per heavy atom. The standard InChI is InChI=1S/C23H32N2O5S/c1-7-21(18-9-14-22(29-5)16(3)15-18)24-23(26)17(4)25(31(6,27)28)19-10-12-20(13-11-19)30-8-2/h9-15,17,21H,7-8H2,1-6H3,(H,24,26). The van der Waals surface area contributed by atoms with E-state index < -0.39 is 16.1 Å². The van der Waals surface area contributed by atoms with Crippen molar-refractivity contribution in [3.63, 3.8) is 0 Å². The number of carbonyl (C=O) groups is 1. The largest absolute Gasteiger partial charge is 0.496 e. The van der Waals surface area contributed by atoms with Crippen molar-refractivity contribution >= 4 is 21.6 Å². The molecule has 0 aliphatic rings. The molecule has 0 bridgehead atoms. The van der Waals surface area contributed by atoms with Crippen LogP contribution in [0.2, 0.25) is 0 Å². The number of nitrogens with one attached hydrogen (secondary N) is 1. The number of ether oxygens (including phenoxy) is 2. The van der Waals surface area contributed by atoms with Crippen LogP contribution in [-0.2, 0) is 14.8 Å². The highest BCUT2D eigenvalue weighted by Crippen LogP contribution is 2.26. The summed E-state index contributed by atoms with van der Waals surface area (Å²) in [6, 6.07) is 11.2. The van der Waals surface area contributed by atoms with Gasteiger partial charge in [-0.05, 0) is 68.7 Å². The van der Waals surface area contributed by atoms with Gasteiger partial charge in [0.15, 0.2) is 0 Å². The Morgan fingerprint density at radius 3 is 2.26 bits per heavy atom. The smallest absolute Gasteiger partial charge is 0.244 e. The quantitative estimate of drug-likeness (QED) is 0.597. The Bertz CT molecular complexity index is 990. The molecule has 0 saturated carbocycles. The molecular formula is C23H32N2O5S. The summed E-state index contributed by atoms with van der Waals surface area (Å²) in [5.41, 5.74) is 2.31. The number of sulfonamides is 1. The number of hydrogen-bond acceptors (Lipinski definition) is 5. The van der Waals surface area contributed by atoms with Crippen LogP contribution in [0.4, 0.5) is 5.69 Å². The van der Waals surface area contributed by atoms with Gasteiger partial charge in [-0.3, -0.25) is 9.10 Å². The van der Waals surface area contributed by atoms with Gasteiger partial charge in [0.2, 0.25) is 15.9 Å². The number of benzene rings is 2. The topological polar surface area (TPSA) is 84.9 Å². The van der Waals surface area contributed by atoms with E-state index in [1.807, 2.05) is 39.0 Å². The van der Waals surface area contributed by atoms with Crippen molar-refractivity contribution in [1.29, 1.82) is 0 Å². The van der Waals surface area contributed by atoms with Crippen LogP contribution in [0.3, 0.4) is 0 Å². The molecule has 0 radical (unpaired) electrons. The van der Waals surface area contributed by atoms with E-state index in [9.17, 15) is 13.2 Å². The van der Waals surface area contributed by atoms with E-state index >= 15 is 0 Å². The molecule has 0 aromatic heterocycles. The van der Waals surface area contributed by atoms with Crippen LogP contribution in [-0.4, -0.2) is 40.3 Å². The molecule has 2 rings (SSSR count). The second-order valence-electron chi connectivity index (χ2n) is 7.36. The fourth-order valence-electron chi connectivity index (χ4n) is 3.50. The zero-order valence-corrected chi connectivity index (χ0v) is 19.8. The number of nitrogens with zero attached hydrogens (tertiary/aromatic N) is 1. The molecule has 31 heavy (non-hydrogen) atoms. The number of rotatable bonds is 10. The zero-order valence-electron chi connectivity index (χ0n) is 19.0. The second kappa shape index (κ2) is 10.5. The van der Waals surface area contributed by atoms with E-state index in [1.54, 1.807) is 38.3 Å². The minimum Gasteiger partial charge on any atom is -0.496 e. The van der Waals surface area contributed by atoms with Crippen LogP contribution in [0.5, 0.6) is 11.5 Å². The third-order valence-electron chi connectivity index (χ3n) is 5.04. The third kappa shape index (κ3) is 6.13. The summed E-state index contributed by atoms with van der Waals surface area (Å²) < 4.78 is 36.9. The maximum Gasteiger partial charge on any atom is 0.244 e. The molecule has 2 aromatic carbocycles. The normalized spacial score (nSPS) is 13.2. The maximum atomic E-state index is 13.1. The van der Waals surface area contributed by atoms with Gasteiger partial charge < -0.3 is 14.8 Å². The summed E-state index contributed by atoms with van der Waals surface area (Å²) in [6.07, 6.45) is 1.75. The zero-order chi connectivity index (χ0) is 23.2. The molecule has 2 unspecified atom stereocenters. The van der Waals surface area contributed by atoms with Crippen LogP contribution < -0.4 is 19.1 Å². The molecule has 0 heterocycles. The lowest BCUT2D eigenvalue weighted by molar-refractivity contribution is -0.122. The molecule has 2 atom stereocenters. The lowest BCUT2D eigenvalue weighted by Gasteiger charge is -2.30. The van der Waals surface area contributed by atoms with Gasteiger partial charge in [0.25, 0.3) is 0 Å². The first-order valence-corrected chi connectivity index (χ1v) is 12.1. The monoisotopic (exact) mass is 448 g/mol. The highest BCUT2D eigenvalue weighted by molar-refractivity contribution is 7.92. The lowest BCUT2D eigenvalue weighted by atomic mass is 10.0. The average Bonchev–Trinajstić information content (AvgIpc) is 2.72. The van der Waals surface area contributed by atoms with Crippen molar-refractivity contribution in [3.8, 4) is 11.5 Å². The Balaban J connectivity index is 2.26. The van der Waals surface area contributed by atoms with Gasteiger partial charge in [-0.1, -0.05) is 19.1 Å². The Morgan fingerprint density at radius 1 is 1.13 bits per heavy atom.